The van der Waals surface area contributed by atoms with Gasteiger partial charge in [0.05, 0.1) is 0 Å². The average molecular weight is 132 g/mol. The van der Waals surface area contributed by atoms with Crippen LogP contribution in [0.25, 0.3) is 0 Å². The molecule has 1 nitrogen and oxygen atoms in total. The monoisotopic (exact) mass is 132 g/mol. The highest BCUT2D eigenvalue weighted by Crippen LogP contribution is 2.09. The van der Waals surface area contributed by atoms with Crippen molar-refractivity contribution in [2.24, 2.45) is 5.92 Å². The van der Waals surface area contributed by atoms with Crippen LogP contribution in [0.2, 0.25) is 0 Å². The molecule has 2 heteroatoms. The fraction of sp³-hybridized carbons (Fsp3) is 0.857. The summed E-state index contributed by atoms with van der Waals surface area (Å²) in [5.41, 5.74) is 0. The highest BCUT2D eigenvalue weighted by atomic mass is 19.1. The van der Waals surface area contributed by atoms with Gasteiger partial charge in [-0.2, -0.15) is 0 Å². The number of carbonyl (C=O) groups excluding carboxylic acids is 1. The molecule has 0 N–H and O–H groups in total. The molecule has 0 rings (SSSR count). The van der Waals surface area contributed by atoms with E-state index in [9.17, 15) is 9.18 Å². The summed E-state index contributed by atoms with van der Waals surface area (Å²) in [5, 5.41) is 0. The van der Waals surface area contributed by atoms with Gasteiger partial charge in [0, 0.05) is 6.42 Å². The molecule has 0 fully saturated rings. The molecule has 0 saturated heterocycles. The van der Waals surface area contributed by atoms with Gasteiger partial charge in [-0.25, -0.2) is 4.39 Å². The Morgan fingerprint density at radius 3 is 2.44 bits per heavy atom. The number of hydrogen-bond acceptors (Lipinski definition) is 1. The second kappa shape index (κ2) is 4.48. The standard InChI is InChI=1S/C7H13FO/c1-6(2)5-7(8)3-4-9/h4,6-7H,3,5H2,1-2H3. The lowest BCUT2D eigenvalue weighted by molar-refractivity contribution is -0.108. The Hall–Kier alpha value is -0.400. The van der Waals surface area contributed by atoms with Crippen LogP contribution in [0.4, 0.5) is 4.39 Å². The predicted octanol–water partition coefficient (Wildman–Crippen LogP) is 1.96. The van der Waals surface area contributed by atoms with Crippen LogP contribution >= 0.6 is 0 Å². The van der Waals surface area contributed by atoms with E-state index in [-0.39, 0.29) is 6.42 Å². The molecule has 0 aromatic carbocycles. The van der Waals surface area contributed by atoms with Crippen molar-refractivity contribution in [3.8, 4) is 0 Å². The molecule has 0 heterocycles. The van der Waals surface area contributed by atoms with Crippen LogP contribution in [0.1, 0.15) is 26.7 Å². The van der Waals surface area contributed by atoms with Crippen molar-refractivity contribution in [2.75, 3.05) is 0 Å². The smallest absolute Gasteiger partial charge is 0.122 e. The molecule has 0 spiro atoms. The lowest BCUT2D eigenvalue weighted by Gasteiger charge is -2.05. The molecule has 0 bridgehead atoms. The normalized spacial score (nSPS) is 13.8. The van der Waals surface area contributed by atoms with Gasteiger partial charge >= 0.3 is 0 Å². The minimum atomic E-state index is -0.928. The van der Waals surface area contributed by atoms with E-state index in [4.69, 9.17) is 0 Å². The molecule has 1 unspecified atom stereocenters. The van der Waals surface area contributed by atoms with Gasteiger partial charge in [-0.05, 0) is 12.3 Å². The maximum Gasteiger partial charge on any atom is 0.122 e. The zero-order chi connectivity index (χ0) is 7.28. The summed E-state index contributed by atoms with van der Waals surface area (Å²) in [5.74, 6) is 0.347. The van der Waals surface area contributed by atoms with Crippen LogP contribution < -0.4 is 0 Å². The first-order valence-corrected chi connectivity index (χ1v) is 3.24. The van der Waals surface area contributed by atoms with Crippen LogP contribution in [-0.2, 0) is 4.79 Å². The van der Waals surface area contributed by atoms with E-state index in [1.54, 1.807) is 0 Å². The number of carbonyl (C=O) groups is 1. The number of hydrogen-bond donors (Lipinski definition) is 0. The summed E-state index contributed by atoms with van der Waals surface area (Å²) in [6.45, 7) is 3.88. The quantitative estimate of drug-likeness (QED) is 0.534. The Kier molecular flexibility index (Phi) is 4.28. The molecule has 0 amide bonds. The summed E-state index contributed by atoms with van der Waals surface area (Å²) in [7, 11) is 0. The van der Waals surface area contributed by atoms with Gasteiger partial charge in [0.2, 0.25) is 0 Å². The first kappa shape index (κ1) is 8.60. The molecule has 0 saturated carbocycles. The molecule has 0 aliphatic rings. The van der Waals surface area contributed by atoms with Crippen molar-refractivity contribution < 1.29 is 9.18 Å². The van der Waals surface area contributed by atoms with Gasteiger partial charge in [-0.15, -0.1) is 0 Å². The molecule has 54 valence electrons. The number of halogens is 1. The topological polar surface area (TPSA) is 17.1 Å². The van der Waals surface area contributed by atoms with Gasteiger partial charge < -0.3 is 4.79 Å². The molecule has 0 radical (unpaired) electrons. The Morgan fingerprint density at radius 1 is 1.56 bits per heavy atom. The summed E-state index contributed by atoms with van der Waals surface area (Å²) >= 11 is 0. The summed E-state index contributed by atoms with van der Waals surface area (Å²) in [4.78, 5) is 9.76. The highest BCUT2D eigenvalue weighted by molar-refractivity contribution is 5.49. The third-order valence-electron chi connectivity index (χ3n) is 1.08. The third kappa shape index (κ3) is 5.47. The Bertz CT molecular complexity index is 81.0. The first-order valence-electron chi connectivity index (χ1n) is 3.24. The van der Waals surface area contributed by atoms with E-state index >= 15 is 0 Å². The Morgan fingerprint density at radius 2 is 2.11 bits per heavy atom. The van der Waals surface area contributed by atoms with E-state index in [0.29, 0.717) is 18.6 Å². The van der Waals surface area contributed by atoms with Crippen LogP contribution in [0.15, 0.2) is 0 Å². The largest absolute Gasteiger partial charge is 0.303 e. The van der Waals surface area contributed by atoms with Gasteiger partial charge in [0.25, 0.3) is 0 Å². The molecule has 0 aliphatic carbocycles. The second-order valence-electron chi connectivity index (χ2n) is 2.63. The molecular formula is C7H13FO. The van der Waals surface area contributed by atoms with Crippen molar-refractivity contribution in [3.05, 3.63) is 0 Å². The lowest BCUT2D eigenvalue weighted by Crippen LogP contribution is -2.04. The second-order valence-corrected chi connectivity index (χ2v) is 2.63. The molecule has 0 aromatic heterocycles. The predicted molar refractivity (Wildman–Crippen MR) is 35.0 cm³/mol. The van der Waals surface area contributed by atoms with Crippen LogP contribution in [0.3, 0.4) is 0 Å². The lowest BCUT2D eigenvalue weighted by atomic mass is 10.1. The van der Waals surface area contributed by atoms with Crippen molar-refractivity contribution >= 4 is 6.29 Å². The third-order valence-corrected chi connectivity index (χ3v) is 1.08. The van der Waals surface area contributed by atoms with E-state index < -0.39 is 6.17 Å². The maximum absolute atomic E-state index is 12.4. The average Bonchev–Trinajstić information content (AvgIpc) is 1.63. The van der Waals surface area contributed by atoms with Crippen LogP contribution in [-0.4, -0.2) is 12.5 Å². The fourth-order valence-electron chi connectivity index (χ4n) is 0.712. The highest BCUT2D eigenvalue weighted by Gasteiger charge is 2.06. The van der Waals surface area contributed by atoms with E-state index in [1.807, 2.05) is 13.8 Å². The summed E-state index contributed by atoms with van der Waals surface area (Å²) in [6.07, 6.45) is 0.256. The van der Waals surface area contributed by atoms with Crippen LogP contribution in [0.5, 0.6) is 0 Å². The van der Waals surface area contributed by atoms with Crippen molar-refractivity contribution in [2.45, 2.75) is 32.9 Å². The first-order chi connectivity index (χ1) is 4.16. The molecule has 0 aliphatic heterocycles. The van der Waals surface area contributed by atoms with E-state index in [2.05, 4.69) is 0 Å². The van der Waals surface area contributed by atoms with Gasteiger partial charge in [-0.3, -0.25) is 0 Å². The molecule has 0 aromatic rings. The minimum absolute atomic E-state index is 0.0537. The van der Waals surface area contributed by atoms with Crippen molar-refractivity contribution in [1.82, 2.24) is 0 Å². The van der Waals surface area contributed by atoms with E-state index in [0.717, 1.165) is 0 Å². The maximum atomic E-state index is 12.4. The molecule has 1 atom stereocenters. The number of aldehydes is 1. The summed E-state index contributed by atoms with van der Waals surface area (Å²) < 4.78 is 12.4. The Labute approximate surface area is 55.3 Å². The minimum Gasteiger partial charge on any atom is -0.303 e. The number of rotatable bonds is 4. The Balaban J connectivity index is 3.25. The van der Waals surface area contributed by atoms with Crippen molar-refractivity contribution in [1.29, 1.82) is 0 Å². The number of alkyl halides is 1. The van der Waals surface area contributed by atoms with E-state index in [1.165, 1.54) is 0 Å². The van der Waals surface area contributed by atoms with Crippen molar-refractivity contribution in [3.63, 3.8) is 0 Å². The zero-order valence-electron chi connectivity index (χ0n) is 5.93. The molecule has 9 heavy (non-hydrogen) atoms. The SMILES string of the molecule is CC(C)CC(F)CC=O. The molecular weight excluding hydrogens is 119 g/mol. The van der Waals surface area contributed by atoms with Gasteiger partial charge in [-0.1, -0.05) is 13.8 Å². The van der Waals surface area contributed by atoms with Gasteiger partial charge in [0.15, 0.2) is 0 Å². The zero-order valence-corrected chi connectivity index (χ0v) is 5.93. The fourth-order valence-corrected chi connectivity index (χ4v) is 0.712. The van der Waals surface area contributed by atoms with Gasteiger partial charge in [0.1, 0.15) is 12.5 Å². The summed E-state index contributed by atoms with van der Waals surface area (Å²) in [6, 6.07) is 0. The van der Waals surface area contributed by atoms with Crippen LogP contribution in [0, 0.1) is 5.92 Å².